The Morgan fingerprint density at radius 1 is 1.21 bits per heavy atom. The molecule has 3 rings (SSSR count). The summed E-state index contributed by atoms with van der Waals surface area (Å²) in [6, 6.07) is 12.0. The van der Waals surface area contributed by atoms with Crippen LogP contribution in [-0.2, 0) is 11.2 Å². The van der Waals surface area contributed by atoms with Crippen LogP contribution in [0.1, 0.15) is 36.5 Å². The molecule has 1 aromatic heterocycles. The first-order valence-corrected chi connectivity index (χ1v) is 10.9. The van der Waals surface area contributed by atoms with Crippen LogP contribution in [0.25, 0.3) is 5.69 Å². The third kappa shape index (κ3) is 5.58. The molecule has 0 aliphatic carbocycles. The molecule has 29 heavy (non-hydrogen) atoms. The fourth-order valence-electron chi connectivity index (χ4n) is 3.00. The lowest BCUT2D eigenvalue weighted by Crippen LogP contribution is -2.16. The van der Waals surface area contributed by atoms with Gasteiger partial charge in [0.15, 0.2) is 0 Å². The lowest BCUT2D eigenvalue weighted by molar-refractivity contribution is -0.113. The van der Waals surface area contributed by atoms with Gasteiger partial charge in [-0.25, -0.2) is 0 Å². The number of rotatable bonds is 8. The van der Waals surface area contributed by atoms with Crippen LogP contribution in [0.2, 0.25) is 5.02 Å². The topological polar surface area (TPSA) is 72.7 Å². The second-order valence-electron chi connectivity index (χ2n) is 6.92. The molecule has 0 saturated carbocycles. The van der Waals surface area contributed by atoms with E-state index in [4.69, 9.17) is 11.6 Å². The summed E-state index contributed by atoms with van der Waals surface area (Å²) in [5.41, 5.74) is 4.80. The van der Waals surface area contributed by atoms with E-state index in [1.54, 1.807) is 4.68 Å². The number of tetrazole rings is 1. The first-order valence-electron chi connectivity index (χ1n) is 9.55. The second kappa shape index (κ2) is 9.89. The van der Waals surface area contributed by atoms with Crippen molar-refractivity contribution in [2.75, 3.05) is 11.1 Å². The summed E-state index contributed by atoms with van der Waals surface area (Å²) in [7, 11) is 0. The van der Waals surface area contributed by atoms with Crippen LogP contribution in [0.4, 0.5) is 5.69 Å². The predicted molar refractivity (Wildman–Crippen MR) is 118 cm³/mol. The number of aryl methyl sites for hydroxylation is 3. The molecular formula is C21H24ClN5OS. The van der Waals surface area contributed by atoms with Crippen LogP contribution >= 0.6 is 23.4 Å². The maximum absolute atomic E-state index is 12.4. The molecule has 3 aromatic rings. The average Bonchev–Trinajstić information content (AvgIpc) is 3.16. The quantitative estimate of drug-likeness (QED) is 0.510. The zero-order valence-corrected chi connectivity index (χ0v) is 18.3. The fraction of sp³-hybridized carbons (Fsp3) is 0.333. The number of amides is 1. The summed E-state index contributed by atoms with van der Waals surface area (Å²) in [6.45, 7) is 6.08. The van der Waals surface area contributed by atoms with Crippen LogP contribution in [0.15, 0.2) is 41.6 Å². The van der Waals surface area contributed by atoms with Crippen molar-refractivity contribution in [3.63, 3.8) is 0 Å². The Labute approximate surface area is 180 Å². The lowest BCUT2D eigenvalue weighted by atomic mass is 10.1. The molecule has 0 aliphatic rings. The van der Waals surface area contributed by atoms with Gasteiger partial charge >= 0.3 is 0 Å². The van der Waals surface area contributed by atoms with Crippen molar-refractivity contribution in [2.45, 2.75) is 45.2 Å². The second-order valence-corrected chi connectivity index (χ2v) is 8.27. The number of halogens is 1. The summed E-state index contributed by atoms with van der Waals surface area (Å²) >= 11 is 7.55. The molecule has 0 saturated heterocycles. The number of thioether (sulfide) groups is 1. The van der Waals surface area contributed by atoms with Gasteiger partial charge in [-0.1, -0.05) is 54.9 Å². The zero-order valence-electron chi connectivity index (χ0n) is 16.8. The predicted octanol–water partition coefficient (Wildman–Crippen LogP) is 5.01. The summed E-state index contributed by atoms with van der Waals surface area (Å²) < 4.78 is 1.64. The summed E-state index contributed by atoms with van der Waals surface area (Å²) in [5, 5.41) is 15.9. The summed E-state index contributed by atoms with van der Waals surface area (Å²) in [6.07, 6.45) is 3.41. The molecule has 2 aromatic carbocycles. The standard InChI is InChI=1S/C21H24ClN5OS/c1-4-5-6-16-7-9-17(10-8-16)27-21(24-25-26-27)29-13-19(28)23-20-15(3)11-14(2)12-18(20)22/h7-12H,4-6,13H2,1-3H3,(H,23,28). The normalized spacial score (nSPS) is 10.9. The molecule has 1 N–H and O–H groups in total. The van der Waals surface area contributed by atoms with Crippen LogP contribution in [-0.4, -0.2) is 31.9 Å². The molecular weight excluding hydrogens is 406 g/mol. The molecule has 0 aliphatic heterocycles. The molecule has 0 fully saturated rings. The Bertz CT molecular complexity index is 964. The van der Waals surface area contributed by atoms with Crippen molar-refractivity contribution in [3.8, 4) is 5.69 Å². The monoisotopic (exact) mass is 429 g/mol. The Kier molecular flexibility index (Phi) is 7.28. The lowest BCUT2D eigenvalue weighted by Gasteiger charge is -2.11. The Balaban J connectivity index is 1.64. The Morgan fingerprint density at radius 2 is 1.97 bits per heavy atom. The van der Waals surface area contributed by atoms with E-state index in [-0.39, 0.29) is 11.7 Å². The van der Waals surface area contributed by atoms with E-state index in [0.717, 1.165) is 23.2 Å². The smallest absolute Gasteiger partial charge is 0.234 e. The van der Waals surface area contributed by atoms with Crippen molar-refractivity contribution in [2.24, 2.45) is 0 Å². The maximum Gasteiger partial charge on any atom is 0.234 e. The number of nitrogens with one attached hydrogen (secondary N) is 1. The van der Waals surface area contributed by atoms with Gasteiger partial charge in [0.05, 0.1) is 22.2 Å². The Hall–Kier alpha value is -2.38. The molecule has 152 valence electrons. The van der Waals surface area contributed by atoms with E-state index in [9.17, 15) is 4.79 Å². The fourth-order valence-corrected chi connectivity index (χ4v) is 4.05. The number of anilines is 1. The maximum atomic E-state index is 12.4. The van der Waals surface area contributed by atoms with Crippen molar-refractivity contribution in [1.29, 1.82) is 0 Å². The number of hydrogen-bond donors (Lipinski definition) is 1. The molecule has 6 nitrogen and oxygen atoms in total. The van der Waals surface area contributed by atoms with Gasteiger partial charge in [-0.2, -0.15) is 4.68 Å². The number of unbranched alkanes of at least 4 members (excludes halogenated alkanes) is 1. The SMILES string of the molecule is CCCCc1ccc(-n2nnnc2SCC(=O)Nc2c(C)cc(C)cc2Cl)cc1. The molecule has 0 bridgehead atoms. The number of hydrogen-bond acceptors (Lipinski definition) is 5. The average molecular weight is 430 g/mol. The molecule has 8 heteroatoms. The van der Waals surface area contributed by atoms with E-state index in [0.29, 0.717) is 15.9 Å². The minimum atomic E-state index is -0.159. The van der Waals surface area contributed by atoms with E-state index in [1.807, 2.05) is 38.1 Å². The molecule has 0 unspecified atom stereocenters. The highest BCUT2D eigenvalue weighted by atomic mass is 35.5. The molecule has 0 atom stereocenters. The van der Waals surface area contributed by atoms with Crippen LogP contribution in [0, 0.1) is 13.8 Å². The number of carbonyl (C=O) groups excluding carboxylic acids is 1. The molecule has 1 heterocycles. The summed E-state index contributed by atoms with van der Waals surface area (Å²) in [4.78, 5) is 12.4. The minimum absolute atomic E-state index is 0.159. The summed E-state index contributed by atoms with van der Waals surface area (Å²) in [5.74, 6) is 0.0202. The minimum Gasteiger partial charge on any atom is -0.324 e. The van der Waals surface area contributed by atoms with Gasteiger partial charge in [0.1, 0.15) is 0 Å². The van der Waals surface area contributed by atoms with Crippen LogP contribution < -0.4 is 5.32 Å². The van der Waals surface area contributed by atoms with Gasteiger partial charge in [0.25, 0.3) is 0 Å². The highest BCUT2D eigenvalue weighted by Gasteiger charge is 2.14. The van der Waals surface area contributed by atoms with Crippen molar-refractivity contribution in [1.82, 2.24) is 20.2 Å². The molecule has 0 radical (unpaired) electrons. The third-order valence-electron chi connectivity index (χ3n) is 4.47. The Morgan fingerprint density at radius 3 is 2.66 bits per heavy atom. The zero-order chi connectivity index (χ0) is 20.8. The molecule has 0 spiro atoms. The van der Waals surface area contributed by atoms with E-state index in [2.05, 4.69) is 39.9 Å². The van der Waals surface area contributed by atoms with Gasteiger partial charge in [-0.3, -0.25) is 4.79 Å². The third-order valence-corrected chi connectivity index (χ3v) is 5.69. The first kappa shape index (κ1) is 21.3. The number of benzene rings is 2. The van der Waals surface area contributed by atoms with Crippen LogP contribution in [0.5, 0.6) is 0 Å². The van der Waals surface area contributed by atoms with Gasteiger partial charge in [-0.05, 0) is 72.0 Å². The van der Waals surface area contributed by atoms with Gasteiger partial charge in [-0.15, -0.1) is 5.10 Å². The van der Waals surface area contributed by atoms with E-state index >= 15 is 0 Å². The van der Waals surface area contributed by atoms with E-state index in [1.165, 1.54) is 30.2 Å². The van der Waals surface area contributed by atoms with Gasteiger partial charge < -0.3 is 5.32 Å². The van der Waals surface area contributed by atoms with Gasteiger partial charge in [0, 0.05) is 0 Å². The number of aromatic nitrogens is 4. The largest absolute Gasteiger partial charge is 0.324 e. The first-order chi connectivity index (χ1) is 14.0. The van der Waals surface area contributed by atoms with Crippen molar-refractivity contribution >= 4 is 35.0 Å². The molecule has 1 amide bonds. The van der Waals surface area contributed by atoms with Gasteiger partial charge in [0.2, 0.25) is 11.1 Å². The number of nitrogens with zero attached hydrogens (tertiary/aromatic N) is 4. The van der Waals surface area contributed by atoms with E-state index < -0.39 is 0 Å². The number of carbonyl (C=O) groups is 1. The van der Waals surface area contributed by atoms with Crippen LogP contribution in [0.3, 0.4) is 0 Å². The highest BCUT2D eigenvalue weighted by molar-refractivity contribution is 7.99. The van der Waals surface area contributed by atoms with Crippen molar-refractivity contribution in [3.05, 3.63) is 58.1 Å². The highest BCUT2D eigenvalue weighted by Crippen LogP contribution is 2.28. The van der Waals surface area contributed by atoms with Crippen molar-refractivity contribution < 1.29 is 4.79 Å².